The van der Waals surface area contributed by atoms with Crippen molar-refractivity contribution in [1.29, 1.82) is 0 Å². The smallest absolute Gasteiger partial charge is 0.162 e. The van der Waals surface area contributed by atoms with E-state index in [9.17, 15) is 0 Å². The zero-order chi connectivity index (χ0) is 22.6. The zero-order valence-electron chi connectivity index (χ0n) is 18.3. The normalized spacial score (nSPS) is 10.8. The number of hydrogen-bond donors (Lipinski definition) is 1. The molecule has 164 valence electrons. The summed E-state index contributed by atoms with van der Waals surface area (Å²) < 4.78 is 12.6. The van der Waals surface area contributed by atoms with Gasteiger partial charge in [0.1, 0.15) is 17.8 Å². The number of rotatable bonds is 7. The van der Waals surface area contributed by atoms with Gasteiger partial charge >= 0.3 is 0 Å². The number of nitrogens with zero attached hydrogens (tertiary/aromatic N) is 5. The molecule has 0 saturated carbocycles. The van der Waals surface area contributed by atoms with E-state index in [0.29, 0.717) is 23.9 Å². The van der Waals surface area contributed by atoms with Gasteiger partial charge in [-0.05, 0) is 23.8 Å². The lowest BCUT2D eigenvalue weighted by Crippen LogP contribution is -2.01. The van der Waals surface area contributed by atoms with Crippen LogP contribution in [0.2, 0.25) is 0 Å². The molecule has 0 unspecified atom stereocenters. The summed E-state index contributed by atoms with van der Waals surface area (Å²) in [7, 11) is 3.21. The molecule has 0 radical (unpaired) electrons. The molecular weight excluding hydrogens is 416 g/mol. The summed E-state index contributed by atoms with van der Waals surface area (Å²) in [5.41, 5.74) is 4.70. The van der Waals surface area contributed by atoms with Crippen molar-refractivity contribution in [2.24, 2.45) is 0 Å². The van der Waals surface area contributed by atoms with E-state index in [2.05, 4.69) is 37.7 Å². The Hall–Kier alpha value is -4.46. The second-order valence-electron chi connectivity index (χ2n) is 7.44. The van der Waals surface area contributed by atoms with Gasteiger partial charge in [0.25, 0.3) is 0 Å². The first-order valence-electron chi connectivity index (χ1n) is 10.4. The van der Waals surface area contributed by atoms with Crippen LogP contribution in [0, 0.1) is 0 Å². The molecule has 5 rings (SSSR count). The molecular formula is C25H22N6O2. The Morgan fingerprint density at radius 1 is 0.879 bits per heavy atom. The first kappa shape index (κ1) is 20.4. The van der Waals surface area contributed by atoms with E-state index >= 15 is 0 Å². The Morgan fingerprint density at radius 3 is 2.39 bits per heavy atom. The van der Waals surface area contributed by atoms with Gasteiger partial charge in [0, 0.05) is 22.7 Å². The van der Waals surface area contributed by atoms with Gasteiger partial charge in [-0.1, -0.05) is 47.7 Å². The summed E-state index contributed by atoms with van der Waals surface area (Å²) in [5, 5.41) is 12.7. The topological polar surface area (TPSA) is 87.0 Å². The maximum atomic E-state index is 5.43. The minimum Gasteiger partial charge on any atom is -0.493 e. The Kier molecular flexibility index (Phi) is 5.55. The highest BCUT2D eigenvalue weighted by atomic mass is 16.5. The summed E-state index contributed by atoms with van der Waals surface area (Å²) in [6, 6.07) is 21.9. The molecule has 8 nitrogen and oxygen atoms in total. The molecule has 0 bridgehead atoms. The molecule has 8 heteroatoms. The molecule has 33 heavy (non-hydrogen) atoms. The summed E-state index contributed by atoms with van der Waals surface area (Å²) in [4.78, 5) is 8.76. The maximum absolute atomic E-state index is 5.43. The Morgan fingerprint density at radius 2 is 1.64 bits per heavy atom. The van der Waals surface area contributed by atoms with Crippen LogP contribution in [0.15, 0.2) is 79.3 Å². The summed E-state index contributed by atoms with van der Waals surface area (Å²) in [5.74, 6) is 1.95. The van der Waals surface area contributed by atoms with Crippen molar-refractivity contribution in [3.63, 3.8) is 0 Å². The first-order chi connectivity index (χ1) is 16.2. The quantitative estimate of drug-likeness (QED) is 0.394. The fourth-order valence-electron chi connectivity index (χ4n) is 3.62. The van der Waals surface area contributed by atoms with Crippen molar-refractivity contribution in [2.45, 2.75) is 6.54 Å². The van der Waals surface area contributed by atoms with E-state index in [4.69, 9.17) is 9.47 Å². The lowest BCUT2D eigenvalue weighted by atomic mass is 10.1. The Bertz CT molecular complexity index is 1380. The van der Waals surface area contributed by atoms with Gasteiger partial charge in [0.05, 0.1) is 32.5 Å². The third-order valence-corrected chi connectivity index (χ3v) is 5.31. The number of fused-ring (bicyclic) bond motifs is 1. The number of ether oxygens (including phenoxy) is 2. The minimum atomic E-state index is 0.626. The van der Waals surface area contributed by atoms with Crippen LogP contribution in [-0.4, -0.2) is 39.2 Å². The second kappa shape index (κ2) is 8.96. The standard InChI is InChI=1S/C25H22N6O2/c1-32-23-12-20-21(13-24(23)33-2)26-16-27-25(20)28-19-10-8-17(9-11-19)14-31-15-22(29-30-31)18-6-4-3-5-7-18/h3-13,15-16H,14H2,1-2H3,(H,26,27,28). The monoisotopic (exact) mass is 438 g/mol. The minimum absolute atomic E-state index is 0.626. The second-order valence-corrected chi connectivity index (χ2v) is 7.44. The van der Waals surface area contributed by atoms with Crippen molar-refractivity contribution in [3.05, 3.63) is 84.8 Å². The summed E-state index contributed by atoms with van der Waals surface area (Å²) in [6.45, 7) is 0.632. The van der Waals surface area contributed by atoms with Crippen LogP contribution in [0.1, 0.15) is 5.56 Å². The summed E-state index contributed by atoms with van der Waals surface area (Å²) >= 11 is 0. The molecule has 5 aromatic rings. The molecule has 0 atom stereocenters. The predicted octanol–water partition coefficient (Wildman–Crippen LogP) is 4.70. The average molecular weight is 438 g/mol. The van der Waals surface area contributed by atoms with Crippen LogP contribution in [0.25, 0.3) is 22.2 Å². The van der Waals surface area contributed by atoms with E-state index < -0.39 is 0 Å². The van der Waals surface area contributed by atoms with Crippen LogP contribution in [0.3, 0.4) is 0 Å². The fourth-order valence-corrected chi connectivity index (χ4v) is 3.62. The van der Waals surface area contributed by atoms with Crippen LogP contribution in [0.4, 0.5) is 11.5 Å². The van der Waals surface area contributed by atoms with E-state index in [0.717, 1.165) is 33.4 Å². The van der Waals surface area contributed by atoms with Crippen molar-refractivity contribution in [3.8, 4) is 22.8 Å². The van der Waals surface area contributed by atoms with Crippen LogP contribution in [0.5, 0.6) is 11.5 Å². The molecule has 0 aliphatic heterocycles. The molecule has 0 saturated heterocycles. The lowest BCUT2D eigenvalue weighted by Gasteiger charge is -2.12. The van der Waals surface area contributed by atoms with E-state index in [1.54, 1.807) is 14.2 Å². The molecule has 2 aromatic heterocycles. The molecule has 0 fully saturated rings. The van der Waals surface area contributed by atoms with E-state index in [-0.39, 0.29) is 0 Å². The lowest BCUT2D eigenvalue weighted by molar-refractivity contribution is 0.356. The third kappa shape index (κ3) is 4.31. The van der Waals surface area contributed by atoms with Crippen LogP contribution in [-0.2, 0) is 6.54 Å². The van der Waals surface area contributed by atoms with Gasteiger partial charge in [0.15, 0.2) is 11.5 Å². The number of nitrogens with one attached hydrogen (secondary N) is 1. The Balaban J connectivity index is 1.33. The van der Waals surface area contributed by atoms with Crippen molar-refractivity contribution >= 4 is 22.4 Å². The number of methoxy groups -OCH3 is 2. The first-order valence-corrected chi connectivity index (χ1v) is 10.4. The molecule has 0 aliphatic carbocycles. The molecule has 0 spiro atoms. The van der Waals surface area contributed by atoms with Crippen molar-refractivity contribution in [1.82, 2.24) is 25.0 Å². The SMILES string of the molecule is COc1cc2ncnc(Nc3ccc(Cn4cc(-c5ccccc5)nn4)cc3)c2cc1OC. The fraction of sp³-hybridized carbons (Fsp3) is 0.120. The predicted molar refractivity (Wildman–Crippen MR) is 127 cm³/mol. The van der Waals surface area contributed by atoms with Crippen molar-refractivity contribution in [2.75, 3.05) is 19.5 Å². The number of hydrogen-bond acceptors (Lipinski definition) is 7. The van der Waals surface area contributed by atoms with Gasteiger partial charge in [-0.15, -0.1) is 5.10 Å². The number of benzene rings is 3. The van der Waals surface area contributed by atoms with Crippen molar-refractivity contribution < 1.29 is 9.47 Å². The largest absolute Gasteiger partial charge is 0.493 e. The Labute approximate surface area is 190 Å². The molecule has 0 amide bonds. The number of aromatic nitrogens is 5. The molecule has 3 aromatic carbocycles. The highest BCUT2D eigenvalue weighted by Crippen LogP contribution is 2.34. The van der Waals surface area contributed by atoms with Crippen LogP contribution < -0.4 is 14.8 Å². The number of anilines is 2. The van der Waals surface area contributed by atoms with E-state index in [1.807, 2.05) is 65.5 Å². The van der Waals surface area contributed by atoms with Gasteiger partial charge in [-0.3, -0.25) is 0 Å². The average Bonchev–Trinajstić information content (AvgIpc) is 3.33. The molecule has 0 aliphatic rings. The van der Waals surface area contributed by atoms with Crippen LogP contribution >= 0.6 is 0 Å². The zero-order valence-corrected chi connectivity index (χ0v) is 18.3. The molecule has 2 heterocycles. The highest BCUT2D eigenvalue weighted by molar-refractivity contribution is 5.93. The van der Waals surface area contributed by atoms with Gasteiger partial charge in [-0.25, -0.2) is 14.6 Å². The highest BCUT2D eigenvalue weighted by Gasteiger charge is 2.11. The van der Waals surface area contributed by atoms with Gasteiger partial charge in [-0.2, -0.15) is 0 Å². The summed E-state index contributed by atoms with van der Waals surface area (Å²) in [6.07, 6.45) is 3.48. The van der Waals surface area contributed by atoms with Gasteiger partial charge in [0.2, 0.25) is 0 Å². The third-order valence-electron chi connectivity index (χ3n) is 5.31. The maximum Gasteiger partial charge on any atom is 0.162 e. The molecule has 1 N–H and O–H groups in total. The van der Waals surface area contributed by atoms with Gasteiger partial charge < -0.3 is 14.8 Å². The van der Waals surface area contributed by atoms with E-state index in [1.165, 1.54) is 6.33 Å².